The molecule has 0 bridgehead atoms. The van der Waals surface area contributed by atoms with E-state index in [1.54, 1.807) is 24.3 Å². The Morgan fingerprint density at radius 3 is 2.66 bits per heavy atom. The van der Waals surface area contributed by atoms with E-state index in [1.807, 2.05) is 18.2 Å². The van der Waals surface area contributed by atoms with Crippen molar-refractivity contribution in [2.24, 2.45) is 0 Å². The van der Waals surface area contributed by atoms with Crippen LogP contribution < -0.4 is 25.3 Å². The van der Waals surface area contributed by atoms with Crippen molar-refractivity contribution < 1.29 is 18.8 Å². The second kappa shape index (κ2) is 12.5. The van der Waals surface area contributed by atoms with Crippen LogP contribution in [0, 0.1) is 5.82 Å². The first kappa shape index (κ1) is 28.3. The Labute approximate surface area is 239 Å². The van der Waals surface area contributed by atoms with Crippen LogP contribution in [0.5, 0.6) is 5.75 Å². The number of carbonyl (C=O) groups excluding carboxylic acids is 1. The standard InChI is InChI=1S/C30H36FN7O3/c1-5-30(39)35-23-16-24(27(40-4)17-26(23)37-12-9-22(10-13-37)36(2)3)34-28-18-29(33-19-32-28)38-25(11-14-41-38)20-7-6-8-21(31)15-20/h5-8,15-19,22,25H,1,9-14H2,2-4H3,(H,35,39)(H,32,33,34)/t25-/m1/s1. The summed E-state index contributed by atoms with van der Waals surface area (Å²) < 4.78 is 19.7. The summed E-state index contributed by atoms with van der Waals surface area (Å²) in [6, 6.07) is 12.4. The molecule has 0 radical (unpaired) electrons. The summed E-state index contributed by atoms with van der Waals surface area (Å²) in [7, 11) is 5.82. The molecule has 3 aromatic rings. The lowest BCUT2D eigenvalue weighted by molar-refractivity contribution is -0.111. The third-order valence-corrected chi connectivity index (χ3v) is 7.58. The molecule has 41 heavy (non-hydrogen) atoms. The monoisotopic (exact) mass is 561 g/mol. The summed E-state index contributed by atoms with van der Waals surface area (Å²) >= 11 is 0. The maximum absolute atomic E-state index is 13.9. The summed E-state index contributed by atoms with van der Waals surface area (Å²) in [5, 5.41) is 7.96. The van der Waals surface area contributed by atoms with E-state index < -0.39 is 0 Å². The average molecular weight is 562 g/mol. The van der Waals surface area contributed by atoms with Gasteiger partial charge in [0.2, 0.25) is 5.91 Å². The van der Waals surface area contributed by atoms with Crippen molar-refractivity contribution in [3.8, 4) is 5.75 Å². The highest BCUT2D eigenvalue weighted by atomic mass is 19.1. The van der Waals surface area contributed by atoms with Gasteiger partial charge in [0.25, 0.3) is 0 Å². The molecule has 0 unspecified atom stereocenters. The number of anilines is 5. The molecule has 0 spiro atoms. The fraction of sp³-hybridized carbons (Fsp3) is 0.367. The molecule has 0 aliphatic carbocycles. The number of nitrogens with zero attached hydrogens (tertiary/aromatic N) is 5. The van der Waals surface area contributed by atoms with Crippen LogP contribution in [0.4, 0.5) is 33.1 Å². The summed E-state index contributed by atoms with van der Waals surface area (Å²) in [5.74, 6) is 1.04. The van der Waals surface area contributed by atoms with E-state index in [4.69, 9.17) is 9.57 Å². The van der Waals surface area contributed by atoms with E-state index in [-0.39, 0.29) is 17.8 Å². The smallest absolute Gasteiger partial charge is 0.247 e. The van der Waals surface area contributed by atoms with Gasteiger partial charge in [-0.2, -0.15) is 0 Å². The number of hydroxylamine groups is 1. The zero-order chi connectivity index (χ0) is 28.9. The summed E-state index contributed by atoms with van der Waals surface area (Å²) in [6.07, 6.45) is 5.43. The Balaban J connectivity index is 1.42. The molecule has 2 fully saturated rings. The van der Waals surface area contributed by atoms with Gasteiger partial charge >= 0.3 is 0 Å². The first-order valence-electron chi connectivity index (χ1n) is 13.7. The number of benzene rings is 2. The fourth-order valence-corrected chi connectivity index (χ4v) is 5.39. The van der Waals surface area contributed by atoms with Gasteiger partial charge in [-0.1, -0.05) is 18.7 Å². The van der Waals surface area contributed by atoms with E-state index >= 15 is 0 Å². The van der Waals surface area contributed by atoms with Crippen molar-refractivity contribution >= 4 is 34.6 Å². The molecule has 0 saturated carbocycles. The number of halogens is 1. The van der Waals surface area contributed by atoms with Crippen LogP contribution in [-0.2, 0) is 9.63 Å². The first-order valence-corrected chi connectivity index (χ1v) is 13.7. The normalized spacial score (nSPS) is 17.5. The maximum Gasteiger partial charge on any atom is 0.247 e. The highest BCUT2D eigenvalue weighted by molar-refractivity contribution is 6.02. The quantitative estimate of drug-likeness (QED) is 0.354. The summed E-state index contributed by atoms with van der Waals surface area (Å²) in [5.41, 5.74) is 2.95. The van der Waals surface area contributed by atoms with Crippen molar-refractivity contribution in [1.82, 2.24) is 14.9 Å². The highest BCUT2D eigenvalue weighted by Gasteiger charge is 2.30. The molecule has 1 atom stereocenters. The Hall–Kier alpha value is -4.22. The van der Waals surface area contributed by atoms with E-state index in [9.17, 15) is 9.18 Å². The molecule has 2 aliphatic rings. The third kappa shape index (κ3) is 6.41. The predicted octanol–water partition coefficient (Wildman–Crippen LogP) is 4.91. The van der Waals surface area contributed by atoms with Crippen LogP contribution in [0.2, 0.25) is 0 Å². The molecule has 216 valence electrons. The van der Waals surface area contributed by atoms with Crippen molar-refractivity contribution in [1.29, 1.82) is 0 Å². The molecule has 2 N–H and O–H groups in total. The number of hydrogen-bond acceptors (Lipinski definition) is 9. The van der Waals surface area contributed by atoms with Crippen molar-refractivity contribution in [3.63, 3.8) is 0 Å². The molecule has 2 saturated heterocycles. The van der Waals surface area contributed by atoms with Gasteiger partial charge in [0.15, 0.2) is 5.82 Å². The molecule has 5 rings (SSSR count). The number of hydrogen-bond donors (Lipinski definition) is 2. The zero-order valence-corrected chi connectivity index (χ0v) is 23.6. The molecular formula is C30H36FN7O3. The van der Waals surface area contributed by atoms with Gasteiger partial charge in [-0.25, -0.2) is 19.4 Å². The number of piperidine rings is 1. The highest BCUT2D eigenvalue weighted by Crippen LogP contribution is 2.40. The van der Waals surface area contributed by atoms with Crippen LogP contribution in [0.1, 0.15) is 30.9 Å². The number of methoxy groups -OCH3 is 1. The van der Waals surface area contributed by atoms with Gasteiger partial charge < -0.3 is 25.2 Å². The number of nitrogens with one attached hydrogen (secondary N) is 2. The van der Waals surface area contributed by atoms with Crippen LogP contribution in [0.15, 0.2) is 61.4 Å². The lowest BCUT2D eigenvalue weighted by Gasteiger charge is -2.37. The van der Waals surface area contributed by atoms with Crippen LogP contribution in [0.3, 0.4) is 0 Å². The van der Waals surface area contributed by atoms with Crippen LogP contribution in [-0.4, -0.2) is 67.7 Å². The van der Waals surface area contributed by atoms with Crippen molar-refractivity contribution in [2.75, 3.05) is 61.5 Å². The van der Waals surface area contributed by atoms with Crippen LogP contribution >= 0.6 is 0 Å². The minimum atomic E-state index is -0.301. The van der Waals surface area contributed by atoms with E-state index in [0.29, 0.717) is 47.8 Å². The number of aromatic nitrogens is 2. The lowest BCUT2D eigenvalue weighted by Crippen LogP contribution is -2.42. The summed E-state index contributed by atoms with van der Waals surface area (Å²) in [4.78, 5) is 31.6. The minimum absolute atomic E-state index is 0.181. The van der Waals surface area contributed by atoms with Gasteiger partial charge in [0.05, 0.1) is 36.8 Å². The Bertz CT molecular complexity index is 1390. The first-order chi connectivity index (χ1) is 19.9. The number of ether oxygens (including phenoxy) is 1. The molecule has 2 aliphatic heterocycles. The van der Waals surface area contributed by atoms with E-state index in [1.165, 1.54) is 24.5 Å². The molecule has 1 amide bonds. The predicted molar refractivity (Wildman–Crippen MR) is 158 cm³/mol. The molecule has 1 aromatic heterocycles. The molecule has 3 heterocycles. The molecular weight excluding hydrogens is 525 g/mol. The topological polar surface area (TPSA) is 95.1 Å². The van der Waals surface area contributed by atoms with E-state index in [0.717, 1.165) is 37.2 Å². The Morgan fingerprint density at radius 2 is 1.95 bits per heavy atom. The minimum Gasteiger partial charge on any atom is -0.494 e. The SMILES string of the molecule is C=CC(=O)Nc1cc(Nc2cc(N3OCC[C@@H]3c3cccc(F)c3)ncn2)c(OC)cc1N1CCC(N(C)C)CC1. The molecule has 10 nitrogen and oxygen atoms in total. The van der Waals surface area contributed by atoms with Crippen LogP contribution in [0.25, 0.3) is 0 Å². The second-order valence-corrected chi connectivity index (χ2v) is 10.3. The van der Waals surface area contributed by atoms with Crippen molar-refractivity contribution in [2.45, 2.75) is 31.3 Å². The fourth-order valence-electron chi connectivity index (χ4n) is 5.39. The molecule has 11 heteroatoms. The molecule has 2 aromatic carbocycles. The third-order valence-electron chi connectivity index (χ3n) is 7.58. The Morgan fingerprint density at radius 1 is 1.15 bits per heavy atom. The van der Waals surface area contributed by atoms with E-state index in [2.05, 4.69) is 51.1 Å². The van der Waals surface area contributed by atoms with Gasteiger partial charge in [0, 0.05) is 37.7 Å². The number of rotatable bonds is 9. The lowest BCUT2D eigenvalue weighted by atomic mass is 10.0. The van der Waals surface area contributed by atoms with Gasteiger partial charge in [0.1, 0.15) is 23.7 Å². The zero-order valence-electron chi connectivity index (χ0n) is 23.6. The van der Waals surface area contributed by atoms with Crippen molar-refractivity contribution in [3.05, 3.63) is 72.8 Å². The van der Waals surface area contributed by atoms with Gasteiger partial charge in [-0.3, -0.25) is 9.63 Å². The number of amides is 1. The Kier molecular flexibility index (Phi) is 8.65. The number of carbonyl (C=O) groups is 1. The van der Waals surface area contributed by atoms with Gasteiger partial charge in [-0.05, 0) is 56.8 Å². The largest absolute Gasteiger partial charge is 0.494 e. The summed E-state index contributed by atoms with van der Waals surface area (Å²) in [6.45, 7) is 5.80. The maximum atomic E-state index is 13.9. The average Bonchev–Trinajstić information content (AvgIpc) is 3.48. The second-order valence-electron chi connectivity index (χ2n) is 10.3. The van der Waals surface area contributed by atoms with Gasteiger partial charge in [-0.15, -0.1) is 0 Å².